The minimum atomic E-state index is -1.32. The Balaban J connectivity index is 2.37. The van der Waals surface area contributed by atoms with Gasteiger partial charge in [-0.3, -0.25) is 4.68 Å². The minimum absolute atomic E-state index is 0.0617. The summed E-state index contributed by atoms with van der Waals surface area (Å²) in [6.45, 7) is 3.61. The number of aryl methyl sites for hydroxylation is 2. The van der Waals surface area contributed by atoms with Crippen LogP contribution in [-0.2, 0) is 25.5 Å². The van der Waals surface area contributed by atoms with Gasteiger partial charge in [0.1, 0.15) is 5.82 Å². The van der Waals surface area contributed by atoms with E-state index >= 15 is 0 Å². The summed E-state index contributed by atoms with van der Waals surface area (Å²) in [4.78, 5) is 0. The minimum Gasteiger partial charge on any atom is -0.385 e. The van der Waals surface area contributed by atoms with E-state index in [4.69, 9.17) is 23.2 Å². The van der Waals surface area contributed by atoms with Gasteiger partial charge in [-0.2, -0.15) is 5.10 Å². The van der Waals surface area contributed by atoms with Crippen molar-refractivity contribution in [3.63, 3.8) is 0 Å². The van der Waals surface area contributed by atoms with Crippen LogP contribution < -0.4 is 0 Å². The second-order valence-electron chi connectivity index (χ2n) is 5.30. The molecule has 0 aliphatic heterocycles. The van der Waals surface area contributed by atoms with Crippen molar-refractivity contribution in [2.24, 2.45) is 7.05 Å². The first kappa shape index (κ1) is 16.3. The number of aliphatic hydroxyl groups is 1. The Morgan fingerprint density at radius 2 is 1.95 bits per heavy atom. The van der Waals surface area contributed by atoms with Gasteiger partial charge in [-0.05, 0) is 31.5 Å². The molecule has 0 amide bonds. The van der Waals surface area contributed by atoms with Crippen molar-refractivity contribution in [2.45, 2.75) is 32.3 Å². The quantitative estimate of drug-likeness (QED) is 0.864. The van der Waals surface area contributed by atoms with Crippen LogP contribution in [0.1, 0.15) is 30.8 Å². The van der Waals surface area contributed by atoms with Crippen LogP contribution in [0.5, 0.6) is 0 Å². The first-order valence-electron chi connectivity index (χ1n) is 6.63. The highest BCUT2D eigenvalue weighted by Gasteiger charge is 2.29. The summed E-state index contributed by atoms with van der Waals surface area (Å²) in [6.07, 6.45) is 1.09. The fourth-order valence-electron chi connectivity index (χ4n) is 2.29. The molecule has 0 fully saturated rings. The molecule has 0 bridgehead atoms. The summed E-state index contributed by atoms with van der Waals surface area (Å²) in [5.74, 6) is -0.601. The smallest absolute Gasteiger partial charge is 0.142 e. The van der Waals surface area contributed by atoms with Crippen LogP contribution in [-0.4, -0.2) is 14.9 Å². The van der Waals surface area contributed by atoms with Crippen LogP contribution in [0.3, 0.4) is 0 Å². The van der Waals surface area contributed by atoms with E-state index in [1.54, 1.807) is 11.6 Å². The average molecular weight is 331 g/mol. The predicted octanol–water partition coefficient (Wildman–Crippen LogP) is 3.88. The highest BCUT2D eigenvalue weighted by atomic mass is 35.5. The molecule has 0 aliphatic carbocycles. The highest BCUT2D eigenvalue weighted by Crippen LogP contribution is 2.34. The first-order chi connectivity index (χ1) is 9.74. The van der Waals surface area contributed by atoms with Crippen molar-refractivity contribution in [3.8, 4) is 0 Å². The Kier molecular flexibility index (Phi) is 4.61. The van der Waals surface area contributed by atoms with E-state index in [0.717, 1.165) is 17.8 Å². The molecule has 0 aliphatic rings. The molecule has 2 rings (SSSR count). The molecule has 1 atom stereocenters. The molecule has 21 heavy (non-hydrogen) atoms. The van der Waals surface area contributed by atoms with E-state index in [2.05, 4.69) is 5.10 Å². The van der Waals surface area contributed by atoms with E-state index in [1.807, 2.05) is 20.0 Å². The van der Waals surface area contributed by atoms with Crippen molar-refractivity contribution in [3.05, 3.63) is 51.0 Å². The Hall–Kier alpha value is -1.10. The summed E-state index contributed by atoms with van der Waals surface area (Å²) in [5.41, 5.74) is 0.784. The lowest BCUT2D eigenvalue weighted by Gasteiger charge is -2.25. The van der Waals surface area contributed by atoms with Crippen LogP contribution in [0.15, 0.2) is 18.2 Å². The maximum Gasteiger partial charge on any atom is 0.142 e. The first-order valence-corrected chi connectivity index (χ1v) is 7.39. The van der Waals surface area contributed by atoms with E-state index in [9.17, 15) is 9.50 Å². The molecule has 2 aromatic rings. The summed E-state index contributed by atoms with van der Waals surface area (Å²) in [6, 6.07) is 4.42. The maximum absolute atomic E-state index is 13.6. The van der Waals surface area contributed by atoms with Crippen molar-refractivity contribution in [1.82, 2.24) is 9.78 Å². The van der Waals surface area contributed by atoms with Gasteiger partial charge in [0.2, 0.25) is 0 Å². The van der Waals surface area contributed by atoms with E-state index in [-0.39, 0.29) is 16.5 Å². The van der Waals surface area contributed by atoms with Crippen LogP contribution >= 0.6 is 23.2 Å². The summed E-state index contributed by atoms with van der Waals surface area (Å²) >= 11 is 11.8. The molecule has 1 heterocycles. The SMILES string of the molecule is CCc1cc(CC(C)(O)c2cc(F)c(Cl)cc2Cl)n(C)n1. The number of rotatable bonds is 4. The standard InChI is InChI=1S/C15H17Cl2FN2O/c1-4-9-5-10(20(3)19-9)8-15(2,21)11-6-14(18)13(17)7-12(11)16/h5-7,21H,4,8H2,1-3H3. The van der Waals surface area contributed by atoms with Crippen LogP contribution in [0.25, 0.3) is 0 Å². The van der Waals surface area contributed by atoms with E-state index < -0.39 is 11.4 Å². The second-order valence-corrected chi connectivity index (χ2v) is 6.12. The number of halogens is 3. The van der Waals surface area contributed by atoms with Gasteiger partial charge in [0.05, 0.1) is 16.3 Å². The third kappa shape index (κ3) is 3.39. The maximum atomic E-state index is 13.6. The lowest BCUT2D eigenvalue weighted by atomic mass is 9.90. The molecule has 6 heteroatoms. The molecule has 1 unspecified atom stereocenters. The van der Waals surface area contributed by atoms with Gasteiger partial charge in [-0.25, -0.2) is 4.39 Å². The fourth-order valence-corrected chi connectivity index (χ4v) is 2.88. The number of hydrogen-bond donors (Lipinski definition) is 1. The largest absolute Gasteiger partial charge is 0.385 e. The molecule has 1 N–H and O–H groups in total. The molecule has 3 nitrogen and oxygen atoms in total. The monoisotopic (exact) mass is 330 g/mol. The van der Waals surface area contributed by atoms with Gasteiger partial charge >= 0.3 is 0 Å². The Bertz CT molecular complexity index is 668. The summed E-state index contributed by atoms with van der Waals surface area (Å²) < 4.78 is 15.4. The van der Waals surface area contributed by atoms with Gasteiger partial charge < -0.3 is 5.11 Å². The fraction of sp³-hybridized carbons (Fsp3) is 0.400. The lowest BCUT2D eigenvalue weighted by molar-refractivity contribution is 0.0554. The third-order valence-corrected chi connectivity index (χ3v) is 4.11. The highest BCUT2D eigenvalue weighted by molar-refractivity contribution is 6.35. The summed E-state index contributed by atoms with van der Waals surface area (Å²) in [7, 11) is 1.81. The zero-order valence-electron chi connectivity index (χ0n) is 12.1. The van der Waals surface area contributed by atoms with Crippen LogP contribution in [0, 0.1) is 5.82 Å². The molecule has 114 valence electrons. The lowest BCUT2D eigenvalue weighted by Crippen LogP contribution is -2.26. The molecule has 0 saturated carbocycles. The average Bonchev–Trinajstić information content (AvgIpc) is 2.74. The van der Waals surface area contributed by atoms with Crippen molar-refractivity contribution >= 4 is 23.2 Å². The zero-order valence-corrected chi connectivity index (χ0v) is 13.6. The number of aromatic nitrogens is 2. The molecule has 1 aromatic heterocycles. The second kappa shape index (κ2) is 5.95. The van der Waals surface area contributed by atoms with E-state index in [1.165, 1.54) is 12.1 Å². The van der Waals surface area contributed by atoms with Gasteiger partial charge in [0.15, 0.2) is 0 Å². The molecule has 0 spiro atoms. The van der Waals surface area contributed by atoms with Gasteiger partial charge in [0, 0.05) is 29.7 Å². The molecule has 0 radical (unpaired) electrons. The predicted molar refractivity (Wildman–Crippen MR) is 82.3 cm³/mol. The normalized spacial score (nSPS) is 14.2. The molecule has 0 saturated heterocycles. The van der Waals surface area contributed by atoms with Crippen molar-refractivity contribution in [2.75, 3.05) is 0 Å². The molecular formula is C15H17Cl2FN2O. The van der Waals surface area contributed by atoms with Gasteiger partial charge in [-0.1, -0.05) is 30.1 Å². The Morgan fingerprint density at radius 3 is 2.52 bits per heavy atom. The van der Waals surface area contributed by atoms with Crippen LogP contribution in [0.4, 0.5) is 4.39 Å². The van der Waals surface area contributed by atoms with E-state index in [0.29, 0.717) is 5.56 Å². The summed E-state index contributed by atoms with van der Waals surface area (Å²) in [5, 5.41) is 15.2. The molecular weight excluding hydrogens is 314 g/mol. The third-order valence-electron chi connectivity index (χ3n) is 3.51. The Morgan fingerprint density at radius 1 is 1.29 bits per heavy atom. The Labute approximate surface area is 133 Å². The number of benzene rings is 1. The molecule has 1 aromatic carbocycles. The van der Waals surface area contributed by atoms with Crippen molar-refractivity contribution < 1.29 is 9.50 Å². The number of nitrogens with zero attached hydrogens (tertiary/aromatic N) is 2. The van der Waals surface area contributed by atoms with Gasteiger partial charge in [0.25, 0.3) is 0 Å². The number of hydrogen-bond acceptors (Lipinski definition) is 2. The van der Waals surface area contributed by atoms with Crippen LogP contribution in [0.2, 0.25) is 10.0 Å². The van der Waals surface area contributed by atoms with Crippen molar-refractivity contribution in [1.29, 1.82) is 0 Å². The zero-order chi connectivity index (χ0) is 15.8. The van der Waals surface area contributed by atoms with Gasteiger partial charge in [-0.15, -0.1) is 0 Å². The topological polar surface area (TPSA) is 38.0 Å².